The number of carbonyl (C=O) groups excluding carboxylic acids is 2. The zero-order valence-electron chi connectivity index (χ0n) is 13.1. The van der Waals surface area contributed by atoms with E-state index < -0.39 is 24.3 Å². The van der Waals surface area contributed by atoms with Gasteiger partial charge in [-0.15, -0.1) is 11.3 Å². The Morgan fingerprint density at radius 2 is 2.00 bits per heavy atom. The fourth-order valence-corrected chi connectivity index (χ4v) is 3.66. The molecule has 1 amide bonds. The smallest absolute Gasteiger partial charge is 0.349 e. The van der Waals surface area contributed by atoms with Gasteiger partial charge >= 0.3 is 5.97 Å². The van der Waals surface area contributed by atoms with Crippen molar-refractivity contribution in [3.63, 3.8) is 0 Å². The number of hydrogen-bond donors (Lipinski definition) is 1. The number of hydrogen-bond acceptors (Lipinski definition) is 4. The van der Waals surface area contributed by atoms with Crippen LogP contribution in [0.3, 0.4) is 0 Å². The number of fused-ring (bicyclic) bond motifs is 1. The standard InChI is InChI=1S/C18H13ClFNO3S/c1-10-12-4-2-3-5-15(12)25-17(10)18(23)24-9-16(22)21-14-7-6-11(20)8-13(14)19/h2-8H,9H2,1H3,(H,21,22). The summed E-state index contributed by atoms with van der Waals surface area (Å²) < 4.78 is 19.0. The van der Waals surface area contributed by atoms with Crippen LogP contribution in [0.5, 0.6) is 0 Å². The quantitative estimate of drug-likeness (QED) is 0.664. The lowest BCUT2D eigenvalue weighted by Gasteiger charge is -2.08. The number of anilines is 1. The summed E-state index contributed by atoms with van der Waals surface area (Å²) in [4.78, 5) is 24.6. The van der Waals surface area contributed by atoms with Crippen molar-refractivity contribution in [2.45, 2.75) is 6.92 Å². The molecule has 0 saturated heterocycles. The van der Waals surface area contributed by atoms with E-state index in [4.69, 9.17) is 16.3 Å². The molecule has 7 heteroatoms. The number of aryl methyl sites for hydroxylation is 1. The summed E-state index contributed by atoms with van der Waals surface area (Å²) in [7, 11) is 0. The summed E-state index contributed by atoms with van der Waals surface area (Å²) >= 11 is 7.16. The van der Waals surface area contributed by atoms with E-state index in [0.29, 0.717) is 4.88 Å². The van der Waals surface area contributed by atoms with Crippen molar-refractivity contribution >= 4 is 50.6 Å². The van der Waals surface area contributed by atoms with Crippen molar-refractivity contribution in [2.75, 3.05) is 11.9 Å². The minimum Gasteiger partial charge on any atom is -0.451 e. The van der Waals surface area contributed by atoms with Gasteiger partial charge in [-0.2, -0.15) is 0 Å². The molecule has 4 nitrogen and oxygen atoms in total. The van der Waals surface area contributed by atoms with Crippen molar-refractivity contribution in [2.24, 2.45) is 0 Å². The van der Waals surface area contributed by atoms with Gasteiger partial charge in [-0.05, 0) is 42.1 Å². The van der Waals surface area contributed by atoms with E-state index in [-0.39, 0.29) is 10.7 Å². The number of benzene rings is 2. The maximum atomic E-state index is 13.0. The van der Waals surface area contributed by atoms with Crippen molar-refractivity contribution in [3.05, 3.63) is 63.7 Å². The third-order valence-electron chi connectivity index (χ3n) is 3.57. The zero-order valence-corrected chi connectivity index (χ0v) is 14.7. The number of amides is 1. The lowest BCUT2D eigenvalue weighted by atomic mass is 10.1. The molecule has 25 heavy (non-hydrogen) atoms. The second kappa shape index (κ2) is 7.21. The molecule has 0 fully saturated rings. The van der Waals surface area contributed by atoms with Crippen molar-refractivity contribution in [1.29, 1.82) is 0 Å². The van der Waals surface area contributed by atoms with Crippen LogP contribution in [-0.2, 0) is 9.53 Å². The Labute approximate surface area is 152 Å². The molecular formula is C18H13ClFNO3S. The van der Waals surface area contributed by atoms with Crippen LogP contribution >= 0.6 is 22.9 Å². The Balaban J connectivity index is 1.65. The van der Waals surface area contributed by atoms with E-state index in [0.717, 1.165) is 21.7 Å². The fourth-order valence-electron chi connectivity index (χ4n) is 2.34. The topological polar surface area (TPSA) is 55.4 Å². The van der Waals surface area contributed by atoms with E-state index in [2.05, 4.69) is 5.32 Å². The van der Waals surface area contributed by atoms with Crippen LogP contribution in [0.25, 0.3) is 10.1 Å². The van der Waals surface area contributed by atoms with Crippen LogP contribution in [-0.4, -0.2) is 18.5 Å². The molecule has 0 aliphatic carbocycles. The molecule has 1 N–H and O–H groups in total. The molecule has 3 rings (SSSR count). The van der Waals surface area contributed by atoms with Gasteiger partial charge in [0.1, 0.15) is 10.7 Å². The van der Waals surface area contributed by atoms with Crippen molar-refractivity contribution < 1.29 is 18.7 Å². The minimum atomic E-state index is -0.556. The third-order valence-corrected chi connectivity index (χ3v) is 5.13. The van der Waals surface area contributed by atoms with Gasteiger partial charge in [-0.1, -0.05) is 29.8 Å². The van der Waals surface area contributed by atoms with E-state index in [1.165, 1.54) is 23.5 Å². The summed E-state index contributed by atoms with van der Waals surface area (Å²) in [5.74, 6) is -1.62. The Bertz CT molecular complexity index is 970. The molecule has 2 aromatic carbocycles. The Hall–Kier alpha value is -2.44. The van der Waals surface area contributed by atoms with E-state index >= 15 is 0 Å². The van der Waals surface area contributed by atoms with Gasteiger partial charge in [0.05, 0.1) is 10.7 Å². The molecule has 1 aromatic heterocycles. The van der Waals surface area contributed by atoms with Crippen LogP contribution < -0.4 is 5.32 Å². The maximum absolute atomic E-state index is 13.0. The molecule has 128 valence electrons. The molecule has 0 aliphatic rings. The molecule has 0 aliphatic heterocycles. The summed E-state index contributed by atoms with van der Waals surface area (Å²) in [5.41, 5.74) is 1.08. The number of halogens is 2. The second-order valence-corrected chi connectivity index (χ2v) is 6.76. The minimum absolute atomic E-state index is 0.0695. The van der Waals surface area contributed by atoms with Crippen molar-refractivity contribution in [3.8, 4) is 0 Å². The molecule has 1 heterocycles. The highest BCUT2D eigenvalue weighted by atomic mass is 35.5. The van der Waals surface area contributed by atoms with Gasteiger partial charge in [0.15, 0.2) is 6.61 Å². The highest BCUT2D eigenvalue weighted by Gasteiger charge is 2.18. The maximum Gasteiger partial charge on any atom is 0.349 e. The number of carbonyl (C=O) groups is 2. The van der Waals surface area contributed by atoms with Crippen LogP contribution in [0.1, 0.15) is 15.2 Å². The van der Waals surface area contributed by atoms with Crippen LogP contribution in [0, 0.1) is 12.7 Å². The Morgan fingerprint density at radius 3 is 2.72 bits per heavy atom. The normalized spacial score (nSPS) is 10.7. The molecule has 3 aromatic rings. The highest BCUT2D eigenvalue weighted by molar-refractivity contribution is 7.21. The first kappa shape index (κ1) is 17.4. The fraction of sp³-hybridized carbons (Fsp3) is 0.111. The highest BCUT2D eigenvalue weighted by Crippen LogP contribution is 2.31. The number of nitrogens with one attached hydrogen (secondary N) is 1. The number of esters is 1. The predicted molar refractivity (Wildman–Crippen MR) is 96.9 cm³/mol. The Morgan fingerprint density at radius 1 is 1.24 bits per heavy atom. The number of ether oxygens (including phenoxy) is 1. The molecule has 0 saturated carbocycles. The van der Waals surface area contributed by atoms with Gasteiger partial charge in [0.25, 0.3) is 5.91 Å². The van der Waals surface area contributed by atoms with Gasteiger partial charge < -0.3 is 10.1 Å². The Kier molecular flexibility index (Phi) is 5.01. The number of rotatable bonds is 4. The summed E-state index contributed by atoms with van der Waals surface area (Å²) in [5, 5.41) is 3.53. The van der Waals surface area contributed by atoms with Crippen LogP contribution in [0.4, 0.5) is 10.1 Å². The SMILES string of the molecule is Cc1c(C(=O)OCC(=O)Nc2ccc(F)cc2Cl)sc2ccccc12. The number of thiophene rings is 1. The lowest BCUT2D eigenvalue weighted by Crippen LogP contribution is -2.21. The molecule has 0 bridgehead atoms. The first-order chi connectivity index (χ1) is 12.0. The van der Waals surface area contributed by atoms with Crippen LogP contribution in [0.15, 0.2) is 42.5 Å². The van der Waals surface area contributed by atoms with Gasteiger partial charge in [-0.3, -0.25) is 4.79 Å². The predicted octanol–water partition coefficient (Wildman–Crippen LogP) is 4.80. The first-order valence-electron chi connectivity index (χ1n) is 7.36. The molecule has 0 spiro atoms. The summed E-state index contributed by atoms with van der Waals surface area (Å²) in [6, 6.07) is 11.3. The van der Waals surface area contributed by atoms with Gasteiger partial charge in [0.2, 0.25) is 0 Å². The third kappa shape index (κ3) is 3.81. The first-order valence-corrected chi connectivity index (χ1v) is 8.55. The van der Waals surface area contributed by atoms with Crippen molar-refractivity contribution in [1.82, 2.24) is 0 Å². The van der Waals surface area contributed by atoms with E-state index in [1.807, 2.05) is 31.2 Å². The average molecular weight is 378 g/mol. The van der Waals surface area contributed by atoms with Crippen LogP contribution in [0.2, 0.25) is 5.02 Å². The molecule has 0 atom stereocenters. The molecule has 0 radical (unpaired) electrons. The monoisotopic (exact) mass is 377 g/mol. The van der Waals surface area contributed by atoms with E-state index in [1.54, 1.807) is 0 Å². The van der Waals surface area contributed by atoms with E-state index in [9.17, 15) is 14.0 Å². The molecular weight excluding hydrogens is 365 g/mol. The van der Waals surface area contributed by atoms with Gasteiger partial charge in [-0.25, -0.2) is 9.18 Å². The average Bonchev–Trinajstić information content (AvgIpc) is 2.93. The summed E-state index contributed by atoms with van der Waals surface area (Å²) in [6.45, 7) is 1.38. The lowest BCUT2D eigenvalue weighted by molar-refractivity contribution is -0.119. The molecule has 0 unspecified atom stereocenters. The zero-order chi connectivity index (χ0) is 18.0. The summed E-state index contributed by atoms with van der Waals surface area (Å²) in [6.07, 6.45) is 0. The second-order valence-electron chi connectivity index (χ2n) is 5.30. The van der Waals surface area contributed by atoms with Gasteiger partial charge in [0, 0.05) is 4.70 Å². The largest absolute Gasteiger partial charge is 0.451 e.